The van der Waals surface area contributed by atoms with E-state index in [9.17, 15) is 14.4 Å². The van der Waals surface area contributed by atoms with Crippen LogP contribution >= 0.6 is 0 Å². The Morgan fingerprint density at radius 1 is 1.30 bits per heavy atom. The number of imide groups is 1. The van der Waals surface area contributed by atoms with Crippen LogP contribution in [0.25, 0.3) is 0 Å². The molecule has 20 heavy (non-hydrogen) atoms. The summed E-state index contributed by atoms with van der Waals surface area (Å²) in [6.07, 6.45) is 4.09. The van der Waals surface area contributed by atoms with E-state index in [1.165, 1.54) is 18.1 Å². The molecule has 0 bridgehead atoms. The molecule has 0 aliphatic rings. The van der Waals surface area contributed by atoms with Gasteiger partial charge in [0.05, 0.1) is 11.9 Å². The Hall–Kier alpha value is -2.44. The normalized spacial score (nSPS) is 9.85. The molecule has 1 rings (SSSR count). The molecule has 1 aromatic rings. The number of nitrogens with one attached hydrogen (secondary N) is 1. The van der Waals surface area contributed by atoms with Gasteiger partial charge in [-0.15, -0.1) is 0 Å². The molecule has 0 aromatic carbocycles. The second-order valence-electron chi connectivity index (χ2n) is 4.22. The quantitative estimate of drug-likeness (QED) is 0.767. The molecule has 0 radical (unpaired) electrons. The van der Waals surface area contributed by atoms with E-state index in [2.05, 4.69) is 10.3 Å². The van der Waals surface area contributed by atoms with Crippen LogP contribution in [0.2, 0.25) is 0 Å². The molecule has 0 unspecified atom stereocenters. The molecule has 0 fully saturated rings. The van der Waals surface area contributed by atoms with Crippen molar-refractivity contribution in [2.45, 2.75) is 25.7 Å². The number of anilines is 1. The molecule has 1 aromatic heterocycles. The second-order valence-corrected chi connectivity index (χ2v) is 4.22. The molecule has 0 aliphatic heterocycles. The number of unbranched alkanes of at least 4 members (excludes halogenated alkanes) is 1. The van der Waals surface area contributed by atoms with Gasteiger partial charge in [0, 0.05) is 26.1 Å². The fourth-order valence-corrected chi connectivity index (χ4v) is 1.50. The Morgan fingerprint density at radius 3 is 2.60 bits per heavy atom. The van der Waals surface area contributed by atoms with Gasteiger partial charge in [-0.3, -0.25) is 24.8 Å². The molecule has 7 nitrogen and oxygen atoms in total. The summed E-state index contributed by atoms with van der Waals surface area (Å²) in [4.78, 5) is 38.7. The Kier molecular flexibility index (Phi) is 6.15. The number of nitrogens with zero attached hydrogens (tertiary/aromatic N) is 2. The van der Waals surface area contributed by atoms with Crippen LogP contribution in [0.1, 0.15) is 25.7 Å². The number of urea groups is 1. The van der Waals surface area contributed by atoms with E-state index in [0.29, 0.717) is 18.5 Å². The monoisotopic (exact) mass is 279 g/mol. The van der Waals surface area contributed by atoms with Crippen molar-refractivity contribution >= 4 is 23.6 Å². The number of hydrogen-bond acceptors (Lipinski definition) is 4. The minimum Gasteiger partial charge on any atom is -0.481 e. The van der Waals surface area contributed by atoms with Crippen LogP contribution in [0.3, 0.4) is 0 Å². The number of pyridine rings is 1. The van der Waals surface area contributed by atoms with Crippen molar-refractivity contribution in [2.75, 3.05) is 11.9 Å². The third kappa shape index (κ3) is 5.47. The molecule has 0 spiro atoms. The zero-order valence-corrected chi connectivity index (χ0v) is 11.2. The Morgan fingerprint density at radius 2 is 2.00 bits per heavy atom. The van der Waals surface area contributed by atoms with E-state index in [0.717, 1.165) is 0 Å². The van der Waals surface area contributed by atoms with Gasteiger partial charge in [-0.25, -0.2) is 4.79 Å². The standard InChI is InChI=1S/C13H17N3O4/c1-16(10-5-4-8-14-9-10)13(20)15-11(17)6-2-3-7-12(18)19/h4-5,8-9H,2-3,6-7H2,1H3,(H,18,19)(H,15,17,20). The Labute approximate surface area is 116 Å². The number of carboxylic acids is 1. The van der Waals surface area contributed by atoms with Crippen LogP contribution in [0.4, 0.5) is 10.5 Å². The highest BCUT2D eigenvalue weighted by Gasteiger charge is 2.13. The highest BCUT2D eigenvalue weighted by Crippen LogP contribution is 2.09. The van der Waals surface area contributed by atoms with Gasteiger partial charge >= 0.3 is 12.0 Å². The van der Waals surface area contributed by atoms with Crippen molar-refractivity contribution in [1.29, 1.82) is 0 Å². The SMILES string of the molecule is CN(C(=O)NC(=O)CCCCC(=O)O)c1cccnc1. The van der Waals surface area contributed by atoms with Crippen molar-refractivity contribution in [3.8, 4) is 0 Å². The maximum Gasteiger partial charge on any atom is 0.328 e. The van der Waals surface area contributed by atoms with Gasteiger partial charge in [-0.1, -0.05) is 0 Å². The van der Waals surface area contributed by atoms with Gasteiger partial charge in [-0.2, -0.15) is 0 Å². The van der Waals surface area contributed by atoms with Crippen molar-refractivity contribution in [1.82, 2.24) is 10.3 Å². The molecule has 0 saturated heterocycles. The summed E-state index contributed by atoms with van der Waals surface area (Å²) in [5.74, 6) is -1.31. The van der Waals surface area contributed by atoms with Crippen LogP contribution in [-0.4, -0.2) is 35.0 Å². The number of aromatic nitrogens is 1. The number of amides is 3. The zero-order chi connectivity index (χ0) is 15.0. The summed E-state index contributed by atoms with van der Waals surface area (Å²) in [5, 5.41) is 10.7. The molecule has 1 heterocycles. The first kappa shape index (κ1) is 15.6. The second kappa shape index (κ2) is 7.88. The number of rotatable bonds is 6. The van der Waals surface area contributed by atoms with Crippen LogP contribution in [0.15, 0.2) is 24.5 Å². The predicted octanol–water partition coefficient (Wildman–Crippen LogP) is 1.40. The molecule has 108 valence electrons. The highest BCUT2D eigenvalue weighted by atomic mass is 16.4. The van der Waals surface area contributed by atoms with Crippen molar-refractivity contribution in [3.63, 3.8) is 0 Å². The van der Waals surface area contributed by atoms with Crippen LogP contribution in [0, 0.1) is 0 Å². The van der Waals surface area contributed by atoms with Crippen LogP contribution < -0.4 is 10.2 Å². The summed E-state index contributed by atoms with van der Waals surface area (Å²) < 4.78 is 0. The maximum atomic E-state index is 11.8. The highest BCUT2D eigenvalue weighted by molar-refractivity contribution is 6.02. The predicted molar refractivity (Wildman–Crippen MR) is 72.3 cm³/mol. The van der Waals surface area contributed by atoms with Gasteiger partial charge < -0.3 is 5.11 Å². The molecular formula is C13H17N3O4. The van der Waals surface area contributed by atoms with Crippen LogP contribution in [0.5, 0.6) is 0 Å². The number of carboxylic acid groups (broad SMARTS) is 1. The molecule has 7 heteroatoms. The van der Waals surface area contributed by atoms with Crippen molar-refractivity contribution < 1.29 is 19.5 Å². The summed E-state index contributed by atoms with van der Waals surface area (Å²) >= 11 is 0. The third-order valence-corrected chi connectivity index (χ3v) is 2.63. The number of carbonyl (C=O) groups is 3. The fourth-order valence-electron chi connectivity index (χ4n) is 1.50. The molecule has 0 atom stereocenters. The molecule has 2 N–H and O–H groups in total. The zero-order valence-electron chi connectivity index (χ0n) is 11.2. The van der Waals surface area contributed by atoms with E-state index in [1.54, 1.807) is 18.3 Å². The molecule has 0 saturated carbocycles. The molecule has 3 amide bonds. The van der Waals surface area contributed by atoms with E-state index in [-0.39, 0.29) is 12.8 Å². The van der Waals surface area contributed by atoms with E-state index >= 15 is 0 Å². The number of aliphatic carboxylic acids is 1. The maximum absolute atomic E-state index is 11.8. The minimum absolute atomic E-state index is 0.0246. The van der Waals surface area contributed by atoms with Gasteiger partial charge in [0.15, 0.2) is 0 Å². The summed E-state index contributed by atoms with van der Waals surface area (Å²) in [7, 11) is 1.53. The summed E-state index contributed by atoms with van der Waals surface area (Å²) in [5.41, 5.74) is 0.573. The summed E-state index contributed by atoms with van der Waals surface area (Å²) in [6, 6.07) is 2.85. The fraction of sp³-hybridized carbons (Fsp3) is 0.385. The van der Waals surface area contributed by atoms with Crippen LogP contribution in [-0.2, 0) is 9.59 Å². The Balaban J connectivity index is 2.34. The Bertz CT molecular complexity index is 476. The number of hydrogen-bond donors (Lipinski definition) is 2. The first-order chi connectivity index (χ1) is 9.50. The lowest BCUT2D eigenvalue weighted by Gasteiger charge is -2.16. The first-order valence-electron chi connectivity index (χ1n) is 6.20. The molecule has 0 aliphatic carbocycles. The van der Waals surface area contributed by atoms with Crippen molar-refractivity contribution in [3.05, 3.63) is 24.5 Å². The average molecular weight is 279 g/mol. The lowest BCUT2D eigenvalue weighted by molar-refractivity contribution is -0.137. The third-order valence-electron chi connectivity index (χ3n) is 2.63. The van der Waals surface area contributed by atoms with Gasteiger partial charge in [-0.05, 0) is 25.0 Å². The van der Waals surface area contributed by atoms with E-state index in [4.69, 9.17) is 5.11 Å². The van der Waals surface area contributed by atoms with Gasteiger partial charge in [0.2, 0.25) is 5.91 Å². The average Bonchev–Trinajstić information content (AvgIpc) is 2.43. The van der Waals surface area contributed by atoms with E-state index in [1.807, 2.05) is 0 Å². The number of carbonyl (C=O) groups excluding carboxylic acids is 2. The topological polar surface area (TPSA) is 99.6 Å². The summed E-state index contributed by atoms with van der Waals surface area (Å²) in [6.45, 7) is 0. The lowest BCUT2D eigenvalue weighted by Crippen LogP contribution is -2.40. The van der Waals surface area contributed by atoms with Gasteiger partial charge in [0.25, 0.3) is 0 Å². The molecular weight excluding hydrogens is 262 g/mol. The first-order valence-corrected chi connectivity index (χ1v) is 6.20. The van der Waals surface area contributed by atoms with Crippen molar-refractivity contribution in [2.24, 2.45) is 0 Å². The van der Waals surface area contributed by atoms with E-state index < -0.39 is 17.9 Å². The largest absolute Gasteiger partial charge is 0.481 e. The lowest BCUT2D eigenvalue weighted by atomic mass is 10.2. The minimum atomic E-state index is -0.891. The smallest absolute Gasteiger partial charge is 0.328 e. The van der Waals surface area contributed by atoms with Gasteiger partial charge in [0.1, 0.15) is 0 Å².